The maximum absolute atomic E-state index is 12.8. The molecule has 1 aromatic carbocycles. The van der Waals surface area contributed by atoms with E-state index in [-0.39, 0.29) is 17.8 Å². The van der Waals surface area contributed by atoms with Crippen LogP contribution in [0.1, 0.15) is 39.0 Å². The van der Waals surface area contributed by atoms with Crippen LogP contribution >= 0.6 is 0 Å². The van der Waals surface area contributed by atoms with Crippen molar-refractivity contribution in [3.63, 3.8) is 0 Å². The molecule has 0 spiro atoms. The van der Waals surface area contributed by atoms with Gasteiger partial charge >= 0.3 is 0 Å². The molecule has 0 radical (unpaired) electrons. The second-order valence-corrected chi connectivity index (χ2v) is 5.52. The lowest BCUT2D eigenvalue weighted by Gasteiger charge is -2.16. The molecule has 21 heavy (non-hydrogen) atoms. The normalized spacial score (nSPS) is 16.0. The first-order chi connectivity index (χ1) is 10.1. The van der Waals surface area contributed by atoms with Crippen molar-refractivity contribution in [1.29, 1.82) is 0 Å². The van der Waals surface area contributed by atoms with Crippen LogP contribution in [0, 0.1) is 5.82 Å². The van der Waals surface area contributed by atoms with E-state index in [1.54, 1.807) is 19.1 Å². The third-order valence-corrected chi connectivity index (χ3v) is 3.75. The van der Waals surface area contributed by atoms with Crippen molar-refractivity contribution in [1.82, 2.24) is 5.32 Å². The van der Waals surface area contributed by atoms with Gasteiger partial charge in [0.1, 0.15) is 11.9 Å². The molecule has 2 N–H and O–H groups in total. The number of allylic oxidation sites excluding steroid dienone is 1. The Bertz CT molecular complexity index is 496. The second kappa shape index (κ2) is 7.81. The topological polar surface area (TPSA) is 41.1 Å². The molecule has 0 bridgehead atoms. The van der Waals surface area contributed by atoms with Gasteiger partial charge in [0.05, 0.1) is 0 Å². The summed E-state index contributed by atoms with van der Waals surface area (Å²) in [6, 6.07) is 5.68. The molecule has 0 heterocycles. The summed E-state index contributed by atoms with van der Waals surface area (Å²) in [5, 5.41) is 6.01. The Morgan fingerprint density at radius 1 is 1.29 bits per heavy atom. The van der Waals surface area contributed by atoms with Gasteiger partial charge in [0, 0.05) is 12.2 Å². The molecule has 3 nitrogen and oxygen atoms in total. The zero-order valence-electron chi connectivity index (χ0n) is 12.5. The summed E-state index contributed by atoms with van der Waals surface area (Å²) in [4.78, 5) is 12.0. The summed E-state index contributed by atoms with van der Waals surface area (Å²) >= 11 is 0. The van der Waals surface area contributed by atoms with Crippen LogP contribution in [-0.4, -0.2) is 18.5 Å². The van der Waals surface area contributed by atoms with Crippen LogP contribution < -0.4 is 10.6 Å². The summed E-state index contributed by atoms with van der Waals surface area (Å²) in [6.07, 6.45) is 8.13. The minimum Gasteiger partial charge on any atom is -0.374 e. The second-order valence-electron chi connectivity index (χ2n) is 5.52. The first-order valence-electron chi connectivity index (χ1n) is 7.63. The van der Waals surface area contributed by atoms with E-state index in [9.17, 15) is 9.18 Å². The largest absolute Gasteiger partial charge is 0.374 e. The summed E-state index contributed by atoms with van der Waals surface area (Å²) in [5.74, 6) is -0.311. The number of carbonyl (C=O) groups excluding carboxylic acids is 1. The van der Waals surface area contributed by atoms with Gasteiger partial charge in [-0.1, -0.05) is 11.6 Å². The van der Waals surface area contributed by atoms with E-state index in [1.165, 1.54) is 43.4 Å². The van der Waals surface area contributed by atoms with Crippen LogP contribution in [0.4, 0.5) is 10.1 Å². The number of benzene rings is 1. The van der Waals surface area contributed by atoms with Crippen molar-refractivity contribution < 1.29 is 9.18 Å². The van der Waals surface area contributed by atoms with Gasteiger partial charge in [-0.05, 0) is 63.3 Å². The first-order valence-corrected chi connectivity index (χ1v) is 7.63. The molecular weight excluding hydrogens is 267 g/mol. The average molecular weight is 290 g/mol. The molecule has 0 aliphatic heterocycles. The molecule has 2 rings (SSSR count). The van der Waals surface area contributed by atoms with Crippen molar-refractivity contribution in [2.75, 3.05) is 11.9 Å². The Hall–Kier alpha value is -1.84. The highest BCUT2D eigenvalue weighted by Crippen LogP contribution is 2.19. The van der Waals surface area contributed by atoms with Gasteiger partial charge in [-0.3, -0.25) is 4.79 Å². The third-order valence-electron chi connectivity index (χ3n) is 3.75. The summed E-state index contributed by atoms with van der Waals surface area (Å²) in [7, 11) is 0. The molecular formula is C17H23FN2O. The van der Waals surface area contributed by atoms with Crippen molar-refractivity contribution in [3.8, 4) is 0 Å². The number of hydrogen-bond donors (Lipinski definition) is 2. The molecule has 1 amide bonds. The molecule has 1 atom stereocenters. The van der Waals surface area contributed by atoms with Crippen LogP contribution in [0.15, 0.2) is 35.9 Å². The quantitative estimate of drug-likeness (QED) is 0.785. The van der Waals surface area contributed by atoms with E-state index < -0.39 is 0 Å². The fraction of sp³-hybridized carbons (Fsp3) is 0.471. The van der Waals surface area contributed by atoms with E-state index >= 15 is 0 Å². The van der Waals surface area contributed by atoms with Crippen molar-refractivity contribution in [2.45, 2.75) is 45.1 Å². The molecule has 4 heteroatoms. The lowest BCUT2D eigenvalue weighted by molar-refractivity contribution is -0.121. The Morgan fingerprint density at radius 2 is 2.05 bits per heavy atom. The van der Waals surface area contributed by atoms with E-state index in [2.05, 4.69) is 16.7 Å². The number of anilines is 1. The molecule has 114 valence electrons. The Morgan fingerprint density at radius 3 is 2.71 bits per heavy atom. The number of rotatable bonds is 6. The lowest BCUT2D eigenvalue weighted by Crippen LogP contribution is -2.38. The zero-order valence-corrected chi connectivity index (χ0v) is 12.5. The average Bonchev–Trinajstić information content (AvgIpc) is 2.50. The smallest absolute Gasteiger partial charge is 0.242 e. The van der Waals surface area contributed by atoms with Crippen molar-refractivity contribution in [2.24, 2.45) is 0 Å². The van der Waals surface area contributed by atoms with Gasteiger partial charge < -0.3 is 10.6 Å². The Labute approximate surface area is 125 Å². The third kappa shape index (κ3) is 5.21. The number of halogens is 1. The fourth-order valence-electron chi connectivity index (χ4n) is 2.49. The zero-order chi connectivity index (χ0) is 15.1. The number of nitrogens with one attached hydrogen (secondary N) is 2. The predicted octanol–water partition coefficient (Wildman–Crippen LogP) is 3.63. The summed E-state index contributed by atoms with van der Waals surface area (Å²) in [5.41, 5.74) is 2.20. The summed E-state index contributed by atoms with van der Waals surface area (Å²) in [6.45, 7) is 2.48. The molecule has 0 fully saturated rings. The van der Waals surface area contributed by atoms with E-state index in [0.717, 1.165) is 12.1 Å². The van der Waals surface area contributed by atoms with Gasteiger partial charge in [-0.15, -0.1) is 0 Å². The highest BCUT2D eigenvalue weighted by molar-refractivity contribution is 5.84. The molecule has 0 aromatic heterocycles. The first kappa shape index (κ1) is 15.5. The van der Waals surface area contributed by atoms with Gasteiger partial charge in [0.25, 0.3) is 0 Å². The van der Waals surface area contributed by atoms with Crippen LogP contribution in [0.5, 0.6) is 0 Å². The lowest BCUT2D eigenvalue weighted by atomic mass is 9.97. The highest BCUT2D eigenvalue weighted by Gasteiger charge is 2.12. The molecule has 1 aliphatic carbocycles. The fourth-order valence-corrected chi connectivity index (χ4v) is 2.49. The van der Waals surface area contributed by atoms with E-state index in [1.807, 2.05) is 0 Å². The Balaban J connectivity index is 1.72. The molecule has 1 aliphatic rings. The van der Waals surface area contributed by atoms with Gasteiger partial charge in [0.15, 0.2) is 0 Å². The van der Waals surface area contributed by atoms with Crippen LogP contribution in [0.3, 0.4) is 0 Å². The number of carbonyl (C=O) groups is 1. The Kier molecular flexibility index (Phi) is 5.78. The molecule has 0 saturated carbocycles. The standard InChI is InChI=1S/C17H23FN2O/c1-13(20-16-9-7-15(18)8-10-16)17(21)19-12-11-14-5-3-2-4-6-14/h5,7-10,13,20H,2-4,6,11-12H2,1H3,(H,19,21)/t13-/m0/s1. The minimum atomic E-state index is -0.337. The monoisotopic (exact) mass is 290 g/mol. The summed E-state index contributed by atoms with van der Waals surface area (Å²) < 4.78 is 12.8. The SMILES string of the molecule is C[C@H](Nc1ccc(F)cc1)C(=O)NCCC1=CCCCC1. The number of amides is 1. The van der Waals surface area contributed by atoms with E-state index in [0.29, 0.717) is 6.54 Å². The van der Waals surface area contributed by atoms with Crippen LogP contribution in [-0.2, 0) is 4.79 Å². The maximum atomic E-state index is 12.8. The highest BCUT2D eigenvalue weighted by atomic mass is 19.1. The van der Waals surface area contributed by atoms with Gasteiger partial charge in [0.2, 0.25) is 5.91 Å². The van der Waals surface area contributed by atoms with E-state index in [4.69, 9.17) is 0 Å². The molecule has 0 saturated heterocycles. The van der Waals surface area contributed by atoms with Gasteiger partial charge in [-0.2, -0.15) is 0 Å². The minimum absolute atomic E-state index is 0.0317. The van der Waals surface area contributed by atoms with Crippen LogP contribution in [0.2, 0.25) is 0 Å². The van der Waals surface area contributed by atoms with Crippen LogP contribution in [0.25, 0.3) is 0 Å². The van der Waals surface area contributed by atoms with Crippen molar-refractivity contribution in [3.05, 3.63) is 41.7 Å². The maximum Gasteiger partial charge on any atom is 0.242 e. The van der Waals surface area contributed by atoms with Crippen molar-refractivity contribution >= 4 is 11.6 Å². The predicted molar refractivity (Wildman–Crippen MR) is 83.7 cm³/mol. The van der Waals surface area contributed by atoms with Gasteiger partial charge in [-0.25, -0.2) is 4.39 Å². The molecule has 0 unspecified atom stereocenters. The number of hydrogen-bond acceptors (Lipinski definition) is 2. The molecule has 1 aromatic rings.